The highest BCUT2D eigenvalue weighted by molar-refractivity contribution is 14.0. The third-order valence-electron chi connectivity index (χ3n) is 3.59. The number of aryl methyl sites for hydroxylation is 1. The first-order chi connectivity index (χ1) is 12.4. The summed E-state index contributed by atoms with van der Waals surface area (Å²) in [7, 11) is 1.68. The summed E-state index contributed by atoms with van der Waals surface area (Å²) in [6.07, 6.45) is -4.34. The van der Waals surface area contributed by atoms with Crippen LogP contribution in [0.25, 0.3) is 0 Å². The van der Waals surface area contributed by atoms with E-state index in [1.807, 2.05) is 6.92 Å². The van der Waals surface area contributed by atoms with E-state index in [2.05, 4.69) is 44.6 Å². The zero-order valence-electron chi connectivity index (χ0n) is 15.1. The summed E-state index contributed by atoms with van der Waals surface area (Å²) < 4.78 is 41.1. The number of ether oxygens (including phenoxy) is 1. The molecule has 0 spiro atoms. The first-order valence-electron chi connectivity index (χ1n) is 8.14. The number of halogens is 4. The van der Waals surface area contributed by atoms with E-state index in [4.69, 9.17) is 0 Å². The molecule has 27 heavy (non-hydrogen) atoms. The molecule has 2 rings (SSSR count). The number of aliphatic imine (C=N–C) groups is 1. The van der Waals surface area contributed by atoms with Crippen molar-refractivity contribution in [1.82, 2.24) is 10.6 Å². The van der Waals surface area contributed by atoms with E-state index in [1.54, 1.807) is 19.2 Å². The predicted molar refractivity (Wildman–Crippen MR) is 112 cm³/mol. The van der Waals surface area contributed by atoms with Crippen molar-refractivity contribution in [2.24, 2.45) is 4.99 Å². The Morgan fingerprint density at radius 1 is 0.926 bits per heavy atom. The molecular formula is C19H23F3IN3O. The Kier molecular flexibility index (Phi) is 9.40. The predicted octanol–water partition coefficient (Wildman–Crippen LogP) is 4.42. The summed E-state index contributed by atoms with van der Waals surface area (Å²) >= 11 is 0. The van der Waals surface area contributed by atoms with E-state index >= 15 is 0 Å². The van der Waals surface area contributed by atoms with E-state index in [1.165, 1.54) is 17.7 Å². The summed E-state index contributed by atoms with van der Waals surface area (Å²) in [5.74, 6) is 0.830. The second-order valence-electron chi connectivity index (χ2n) is 5.81. The van der Waals surface area contributed by atoms with Crippen molar-refractivity contribution in [3.8, 4) is 5.75 Å². The highest BCUT2D eigenvalue weighted by atomic mass is 127. The van der Waals surface area contributed by atoms with E-state index in [0.29, 0.717) is 19.0 Å². The topological polar surface area (TPSA) is 45.7 Å². The Morgan fingerprint density at radius 2 is 1.41 bits per heavy atom. The van der Waals surface area contributed by atoms with Gasteiger partial charge in [0.05, 0.1) is 0 Å². The van der Waals surface area contributed by atoms with Crippen molar-refractivity contribution in [3.63, 3.8) is 0 Å². The fourth-order valence-corrected chi connectivity index (χ4v) is 2.17. The number of hydrogen-bond donors (Lipinski definition) is 2. The molecule has 0 unspecified atom stereocenters. The maximum atomic E-state index is 12.1. The lowest BCUT2D eigenvalue weighted by molar-refractivity contribution is -0.153. The van der Waals surface area contributed by atoms with Crippen molar-refractivity contribution >= 4 is 29.9 Å². The molecule has 2 aromatic rings. The first kappa shape index (κ1) is 23.1. The monoisotopic (exact) mass is 493 g/mol. The van der Waals surface area contributed by atoms with Crippen LogP contribution in [-0.4, -0.2) is 25.8 Å². The minimum Gasteiger partial charge on any atom is -0.484 e. The van der Waals surface area contributed by atoms with E-state index in [-0.39, 0.29) is 29.7 Å². The highest BCUT2D eigenvalue weighted by Gasteiger charge is 2.28. The van der Waals surface area contributed by atoms with Crippen LogP contribution < -0.4 is 15.4 Å². The van der Waals surface area contributed by atoms with Crippen LogP contribution in [0.15, 0.2) is 53.5 Å². The van der Waals surface area contributed by atoms with Gasteiger partial charge in [0.15, 0.2) is 12.6 Å². The Bertz CT molecular complexity index is 716. The number of guanidine groups is 1. The minimum atomic E-state index is -4.34. The van der Waals surface area contributed by atoms with Gasteiger partial charge in [-0.25, -0.2) is 0 Å². The minimum absolute atomic E-state index is 0. The maximum absolute atomic E-state index is 12.1. The molecule has 8 heteroatoms. The number of hydrogen-bond acceptors (Lipinski definition) is 2. The molecule has 0 atom stereocenters. The van der Waals surface area contributed by atoms with Gasteiger partial charge in [-0.15, -0.1) is 24.0 Å². The highest BCUT2D eigenvalue weighted by Crippen LogP contribution is 2.18. The maximum Gasteiger partial charge on any atom is 0.422 e. The molecule has 0 aliphatic heterocycles. The molecule has 0 saturated carbocycles. The van der Waals surface area contributed by atoms with Crippen LogP contribution in [0.2, 0.25) is 0 Å². The molecule has 0 aromatic heterocycles. The number of nitrogens with zero attached hydrogens (tertiary/aromatic N) is 1. The quantitative estimate of drug-likeness (QED) is 0.356. The van der Waals surface area contributed by atoms with Crippen molar-refractivity contribution in [2.75, 3.05) is 13.7 Å². The number of rotatable bonds is 6. The Hall–Kier alpha value is -1.97. The van der Waals surface area contributed by atoms with Gasteiger partial charge in [0.2, 0.25) is 0 Å². The molecule has 0 radical (unpaired) electrons. The summed E-state index contributed by atoms with van der Waals surface area (Å²) in [5, 5.41) is 6.37. The fourth-order valence-electron chi connectivity index (χ4n) is 2.17. The molecule has 4 nitrogen and oxygen atoms in total. The van der Waals surface area contributed by atoms with Crippen LogP contribution >= 0.6 is 24.0 Å². The first-order valence-corrected chi connectivity index (χ1v) is 8.14. The van der Waals surface area contributed by atoms with Gasteiger partial charge in [-0.1, -0.05) is 42.0 Å². The van der Waals surface area contributed by atoms with Crippen LogP contribution in [0.3, 0.4) is 0 Å². The smallest absolute Gasteiger partial charge is 0.422 e. The fraction of sp³-hybridized carbons (Fsp3) is 0.316. The molecule has 2 aromatic carbocycles. The van der Waals surface area contributed by atoms with Gasteiger partial charge in [-0.2, -0.15) is 13.2 Å². The summed E-state index contributed by atoms with van der Waals surface area (Å²) in [4.78, 5) is 4.15. The van der Waals surface area contributed by atoms with E-state index in [0.717, 1.165) is 11.1 Å². The van der Waals surface area contributed by atoms with Crippen LogP contribution in [0.4, 0.5) is 13.2 Å². The van der Waals surface area contributed by atoms with Gasteiger partial charge >= 0.3 is 6.18 Å². The second kappa shape index (κ2) is 11.0. The standard InChI is InChI=1S/C19H22F3N3O.HI/c1-14-3-5-15(6-4-14)11-24-18(23-2)25-12-16-7-9-17(10-8-16)26-13-19(20,21)22;/h3-10H,11-13H2,1-2H3,(H2,23,24,25);1H. The average molecular weight is 493 g/mol. The number of alkyl halides is 3. The van der Waals surface area contributed by atoms with Crippen molar-refractivity contribution < 1.29 is 17.9 Å². The molecule has 0 bridgehead atoms. The van der Waals surface area contributed by atoms with Crippen LogP contribution in [0.1, 0.15) is 16.7 Å². The summed E-state index contributed by atoms with van der Waals surface area (Å²) in [6, 6.07) is 14.7. The lowest BCUT2D eigenvalue weighted by atomic mass is 10.1. The third-order valence-corrected chi connectivity index (χ3v) is 3.59. The van der Waals surface area contributed by atoms with Crippen LogP contribution in [0.5, 0.6) is 5.75 Å². The van der Waals surface area contributed by atoms with E-state index in [9.17, 15) is 13.2 Å². The van der Waals surface area contributed by atoms with Gasteiger partial charge in [0.1, 0.15) is 5.75 Å². The molecule has 0 fully saturated rings. The third kappa shape index (κ3) is 8.98. The summed E-state index contributed by atoms with van der Waals surface area (Å²) in [6.45, 7) is 1.88. The second-order valence-corrected chi connectivity index (χ2v) is 5.81. The zero-order chi connectivity index (χ0) is 19.0. The SMILES string of the molecule is CN=C(NCc1ccc(C)cc1)NCc1ccc(OCC(F)(F)F)cc1.I. The van der Waals surface area contributed by atoms with Gasteiger partial charge in [0, 0.05) is 20.1 Å². The Balaban J connectivity index is 0.00000364. The van der Waals surface area contributed by atoms with E-state index < -0.39 is 12.8 Å². The normalized spacial score (nSPS) is 11.5. The van der Waals surface area contributed by atoms with Gasteiger partial charge < -0.3 is 15.4 Å². The van der Waals surface area contributed by atoms with Crippen LogP contribution in [-0.2, 0) is 13.1 Å². The van der Waals surface area contributed by atoms with Crippen molar-refractivity contribution in [1.29, 1.82) is 0 Å². The lowest BCUT2D eigenvalue weighted by Gasteiger charge is -2.13. The Labute approximate surface area is 174 Å². The number of benzene rings is 2. The molecule has 0 saturated heterocycles. The lowest BCUT2D eigenvalue weighted by Crippen LogP contribution is -2.36. The van der Waals surface area contributed by atoms with Crippen LogP contribution in [0, 0.1) is 6.92 Å². The molecule has 0 aliphatic rings. The molecule has 2 N–H and O–H groups in total. The Morgan fingerprint density at radius 3 is 1.85 bits per heavy atom. The van der Waals surface area contributed by atoms with Crippen molar-refractivity contribution in [2.45, 2.75) is 26.2 Å². The molecule has 148 valence electrons. The molecule has 0 amide bonds. The molecule has 0 aliphatic carbocycles. The zero-order valence-corrected chi connectivity index (χ0v) is 17.5. The number of nitrogens with one attached hydrogen (secondary N) is 2. The molecule has 0 heterocycles. The average Bonchev–Trinajstić information content (AvgIpc) is 2.62. The van der Waals surface area contributed by atoms with Gasteiger partial charge in [-0.05, 0) is 30.2 Å². The van der Waals surface area contributed by atoms with Gasteiger partial charge in [0.25, 0.3) is 0 Å². The van der Waals surface area contributed by atoms with Crippen molar-refractivity contribution in [3.05, 3.63) is 65.2 Å². The summed E-state index contributed by atoms with van der Waals surface area (Å²) in [5.41, 5.74) is 3.26. The largest absolute Gasteiger partial charge is 0.484 e. The molecular weight excluding hydrogens is 470 g/mol. The van der Waals surface area contributed by atoms with Gasteiger partial charge in [-0.3, -0.25) is 4.99 Å².